The summed E-state index contributed by atoms with van der Waals surface area (Å²) in [5.74, 6) is -1.27. The van der Waals surface area contributed by atoms with Gasteiger partial charge in [-0.1, -0.05) is 11.6 Å². The molecule has 1 unspecified atom stereocenters. The van der Waals surface area contributed by atoms with Crippen molar-refractivity contribution in [2.45, 2.75) is 51.9 Å². The lowest BCUT2D eigenvalue weighted by Crippen LogP contribution is -2.52. The number of aromatic nitrogens is 5. The first-order valence-corrected chi connectivity index (χ1v) is 10.6. The predicted octanol–water partition coefficient (Wildman–Crippen LogP) is 3.80. The number of aryl methyl sites for hydroxylation is 2. The summed E-state index contributed by atoms with van der Waals surface area (Å²) >= 11 is 0. The summed E-state index contributed by atoms with van der Waals surface area (Å²) in [4.78, 5) is 23.8. The first-order chi connectivity index (χ1) is 15.6. The van der Waals surface area contributed by atoms with Crippen LogP contribution in [0.2, 0.25) is 0 Å². The number of likely N-dealkylation sites (tertiary alicyclic amines) is 1. The molecule has 11 heteroatoms. The lowest BCUT2D eigenvalue weighted by Gasteiger charge is -2.40. The fourth-order valence-electron chi connectivity index (χ4n) is 4.07. The number of nitrogens with one attached hydrogen (secondary N) is 1. The summed E-state index contributed by atoms with van der Waals surface area (Å²) in [6.45, 7) is 5.81. The first-order valence-electron chi connectivity index (χ1n) is 10.6. The molecule has 8 nitrogen and oxygen atoms in total. The van der Waals surface area contributed by atoms with E-state index in [0.29, 0.717) is 30.6 Å². The second-order valence-electron chi connectivity index (χ2n) is 8.19. The Morgan fingerprint density at radius 2 is 1.85 bits per heavy atom. The van der Waals surface area contributed by atoms with Gasteiger partial charge in [0.15, 0.2) is 0 Å². The van der Waals surface area contributed by atoms with E-state index < -0.39 is 12.0 Å². The smallest absolute Gasteiger partial charge is 0.365 e. The van der Waals surface area contributed by atoms with Crippen LogP contribution in [0.1, 0.15) is 47.2 Å². The molecule has 0 radical (unpaired) electrons. The number of amides is 1. The highest BCUT2D eigenvalue weighted by Gasteiger charge is 2.36. The van der Waals surface area contributed by atoms with E-state index in [4.69, 9.17) is 0 Å². The Bertz CT molecular complexity index is 1150. The van der Waals surface area contributed by atoms with Gasteiger partial charge in [0, 0.05) is 30.4 Å². The third-order valence-electron chi connectivity index (χ3n) is 5.71. The van der Waals surface area contributed by atoms with Crippen LogP contribution in [-0.4, -0.2) is 54.4 Å². The minimum absolute atomic E-state index is 0.0953. The lowest BCUT2D eigenvalue weighted by atomic mass is 9.95. The Hall–Kier alpha value is -3.50. The van der Waals surface area contributed by atoms with E-state index in [1.165, 1.54) is 30.2 Å². The van der Waals surface area contributed by atoms with Gasteiger partial charge in [0.1, 0.15) is 5.82 Å². The summed E-state index contributed by atoms with van der Waals surface area (Å²) in [7, 11) is 0. The molecule has 33 heavy (non-hydrogen) atoms. The largest absolute Gasteiger partial charge is 0.451 e. The summed E-state index contributed by atoms with van der Waals surface area (Å²) < 4.78 is 39.4. The number of anilines is 1. The molecule has 1 aliphatic rings. The Labute approximate surface area is 188 Å². The fraction of sp³-hybridized carbons (Fsp3) is 0.409. The van der Waals surface area contributed by atoms with Crippen molar-refractivity contribution in [1.29, 1.82) is 0 Å². The molecular weight excluding hydrogens is 435 g/mol. The predicted molar refractivity (Wildman–Crippen MR) is 115 cm³/mol. The van der Waals surface area contributed by atoms with E-state index in [1.54, 1.807) is 17.0 Å². The molecule has 0 bridgehead atoms. The SMILES string of the molecule is Cc1ccc(-n2nccn2)c(C(=O)N2CCCC(Nc3cc(C)nc(C(F)(F)F)n3)[C@@H]2C)c1. The average molecular weight is 459 g/mol. The van der Waals surface area contributed by atoms with E-state index in [1.807, 2.05) is 19.9 Å². The normalized spacial score (nSPS) is 18.9. The van der Waals surface area contributed by atoms with Crippen LogP contribution in [0.15, 0.2) is 36.7 Å². The maximum Gasteiger partial charge on any atom is 0.451 e. The van der Waals surface area contributed by atoms with Crippen LogP contribution >= 0.6 is 0 Å². The molecule has 2 atom stereocenters. The fourth-order valence-corrected chi connectivity index (χ4v) is 4.07. The molecule has 3 heterocycles. The number of nitrogens with zero attached hydrogens (tertiary/aromatic N) is 6. The number of rotatable bonds is 4. The third kappa shape index (κ3) is 4.81. The van der Waals surface area contributed by atoms with Gasteiger partial charge in [0.2, 0.25) is 5.82 Å². The molecule has 1 amide bonds. The summed E-state index contributed by atoms with van der Waals surface area (Å²) in [6.07, 6.45) is -0.167. The van der Waals surface area contributed by atoms with Gasteiger partial charge in [0.05, 0.1) is 23.6 Å². The van der Waals surface area contributed by atoms with Crippen molar-refractivity contribution in [2.24, 2.45) is 0 Å². The van der Waals surface area contributed by atoms with Crippen molar-refractivity contribution >= 4 is 11.7 Å². The molecule has 1 aliphatic heterocycles. The number of hydrogen-bond acceptors (Lipinski definition) is 6. The van der Waals surface area contributed by atoms with Crippen molar-refractivity contribution in [1.82, 2.24) is 29.9 Å². The number of piperidine rings is 1. The molecule has 0 saturated carbocycles. The Morgan fingerprint density at radius 1 is 1.12 bits per heavy atom. The third-order valence-corrected chi connectivity index (χ3v) is 5.71. The van der Waals surface area contributed by atoms with Gasteiger partial charge >= 0.3 is 6.18 Å². The van der Waals surface area contributed by atoms with E-state index in [9.17, 15) is 18.0 Å². The molecule has 0 spiro atoms. The zero-order valence-corrected chi connectivity index (χ0v) is 18.5. The van der Waals surface area contributed by atoms with Crippen molar-refractivity contribution in [2.75, 3.05) is 11.9 Å². The van der Waals surface area contributed by atoms with Crippen LogP contribution in [0, 0.1) is 13.8 Å². The Balaban J connectivity index is 1.59. The van der Waals surface area contributed by atoms with E-state index >= 15 is 0 Å². The maximum absolute atomic E-state index is 13.6. The zero-order valence-electron chi connectivity index (χ0n) is 18.5. The van der Waals surface area contributed by atoms with E-state index in [-0.39, 0.29) is 29.5 Å². The lowest BCUT2D eigenvalue weighted by molar-refractivity contribution is -0.145. The minimum Gasteiger partial charge on any atom is -0.365 e. The Morgan fingerprint density at radius 3 is 2.55 bits per heavy atom. The second kappa shape index (κ2) is 8.80. The molecule has 2 aromatic heterocycles. The molecule has 3 aromatic rings. The second-order valence-corrected chi connectivity index (χ2v) is 8.19. The first kappa shape index (κ1) is 22.7. The minimum atomic E-state index is -4.63. The Kier molecular flexibility index (Phi) is 6.05. The standard InChI is InChI=1S/C22H24F3N7O/c1-13-6-7-18(32-26-8-9-27-32)16(11-13)20(33)31-10-4-5-17(15(31)3)29-19-12-14(2)28-21(30-19)22(23,24)25/h6-9,11-12,15,17H,4-5,10H2,1-3H3,(H,28,29,30)/t15-,17?/m0/s1. The van der Waals surface area contributed by atoms with Gasteiger partial charge in [-0.3, -0.25) is 4.79 Å². The van der Waals surface area contributed by atoms with Gasteiger partial charge in [-0.15, -0.1) is 0 Å². The van der Waals surface area contributed by atoms with Crippen LogP contribution in [0.25, 0.3) is 5.69 Å². The highest BCUT2D eigenvalue weighted by atomic mass is 19.4. The number of benzene rings is 1. The van der Waals surface area contributed by atoms with Crippen LogP contribution < -0.4 is 5.32 Å². The van der Waals surface area contributed by atoms with Crippen LogP contribution in [0.4, 0.5) is 19.0 Å². The average Bonchev–Trinajstić information content (AvgIpc) is 3.28. The highest BCUT2D eigenvalue weighted by molar-refractivity contribution is 5.98. The highest BCUT2D eigenvalue weighted by Crippen LogP contribution is 2.29. The number of halogens is 3. The number of alkyl halides is 3. The van der Waals surface area contributed by atoms with Crippen molar-refractivity contribution in [3.05, 3.63) is 59.3 Å². The number of carbonyl (C=O) groups is 1. The summed E-state index contributed by atoms with van der Waals surface area (Å²) in [5, 5.41) is 11.4. The van der Waals surface area contributed by atoms with Crippen LogP contribution in [0.3, 0.4) is 0 Å². The van der Waals surface area contributed by atoms with Gasteiger partial charge in [-0.05, 0) is 45.7 Å². The van der Waals surface area contributed by atoms with Gasteiger partial charge in [0.25, 0.3) is 5.91 Å². The molecule has 1 saturated heterocycles. The van der Waals surface area contributed by atoms with Crippen molar-refractivity contribution in [3.8, 4) is 5.69 Å². The number of carbonyl (C=O) groups excluding carboxylic acids is 1. The topological polar surface area (TPSA) is 88.8 Å². The van der Waals surface area contributed by atoms with E-state index in [0.717, 1.165) is 5.56 Å². The number of hydrogen-bond donors (Lipinski definition) is 1. The monoisotopic (exact) mass is 459 g/mol. The van der Waals surface area contributed by atoms with Gasteiger partial charge in [-0.2, -0.15) is 28.2 Å². The zero-order chi connectivity index (χ0) is 23.8. The quantitative estimate of drug-likeness (QED) is 0.639. The molecule has 1 N–H and O–H groups in total. The molecular formula is C22H24F3N7O. The molecule has 1 aromatic carbocycles. The van der Waals surface area contributed by atoms with Crippen LogP contribution in [-0.2, 0) is 6.18 Å². The molecule has 174 valence electrons. The van der Waals surface area contributed by atoms with Crippen LogP contribution in [0.5, 0.6) is 0 Å². The summed E-state index contributed by atoms with van der Waals surface area (Å²) in [6, 6.07) is 6.41. The van der Waals surface area contributed by atoms with Crippen molar-refractivity contribution < 1.29 is 18.0 Å². The van der Waals surface area contributed by atoms with E-state index in [2.05, 4.69) is 25.5 Å². The van der Waals surface area contributed by atoms with Gasteiger partial charge < -0.3 is 10.2 Å². The molecule has 1 fully saturated rings. The van der Waals surface area contributed by atoms with Gasteiger partial charge in [-0.25, -0.2) is 9.97 Å². The molecule has 4 rings (SSSR count). The summed E-state index contributed by atoms with van der Waals surface area (Å²) in [5.41, 5.74) is 2.17. The molecule has 0 aliphatic carbocycles. The maximum atomic E-state index is 13.6. The van der Waals surface area contributed by atoms with Crippen molar-refractivity contribution in [3.63, 3.8) is 0 Å².